The topological polar surface area (TPSA) is 70.9 Å². The van der Waals surface area contributed by atoms with Crippen LogP contribution in [0.4, 0.5) is 0 Å². The van der Waals surface area contributed by atoms with Crippen LogP contribution in [0, 0.1) is 18.3 Å². The molecule has 160 valence electrons. The van der Waals surface area contributed by atoms with E-state index < -0.39 is 0 Å². The van der Waals surface area contributed by atoms with Crippen LogP contribution in [0.25, 0.3) is 22.7 Å². The van der Waals surface area contributed by atoms with Crippen molar-refractivity contribution >= 4 is 54.5 Å². The molecule has 0 radical (unpaired) electrons. The number of nitrogens with one attached hydrogen (secondary N) is 1. The summed E-state index contributed by atoms with van der Waals surface area (Å²) >= 11 is 7.03. The highest BCUT2D eigenvalue weighted by Gasteiger charge is 2.13. The summed E-state index contributed by atoms with van der Waals surface area (Å²) in [6.45, 7) is 2.43. The highest BCUT2D eigenvalue weighted by Crippen LogP contribution is 2.36. The molecule has 4 aromatic rings. The molecule has 1 N–H and O–H groups in total. The van der Waals surface area contributed by atoms with E-state index in [4.69, 9.17) is 9.47 Å². The lowest BCUT2D eigenvalue weighted by Gasteiger charge is -2.13. The average Bonchev–Trinajstić information content (AvgIpc) is 3.21. The van der Waals surface area contributed by atoms with E-state index in [9.17, 15) is 5.26 Å². The number of aromatic nitrogens is 2. The molecule has 0 atom stereocenters. The largest absolute Gasteiger partial charge is 0.493 e. The molecule has 1 heterocycles. The number of imidazole rings is 1. The minimum absolute atomic E-state index is 0.410. The number of nitriles is 1. The summed E-state index contributed by atoms with van der Waals surface area (Å²) < 4.78 is 13.3. The Morgan fingerprint density at radius 1 is 1.09 bits per heavy atom. The van der Waals surface area contributed by atoms with Gasteiger partial charge in [-0.15, -0.1) is 0 Å². The minimum Gasteiger partial charge on any atom is -0.493 e. The number of H-pyrrole nitrogens is 1. The van der Waals surface area contributed by atoms with Gasteiger partial charge in [-0.25, -0.2) is 4.98 Å². The molecule has 0 aliphatic rings. The smallest absolute Gasteiger partial charge is 0.162 e. The molecule has 0 fully saturated rings. The van der Waals surface area contributed by atoms with Gasteiger partial charge in [0.2, 0.25) is 0 Å². The number of ether oxygens (including phenoxy) is 2. The second-order valence-electron chi connectivity index (χ2n) is 7.22. The zero-order chi connectivity index (χ0) is 22.7. The van der Waals surface area contributed by atoms with Crippen molar-refractivity contribution in [3.63, 3.8) is 0 Å². The fourth-order valence-corrected chi connectivity index (χ4v) is 3.94. The third kappa shape index (κ3) is 4.87. The van der Waals surface area contributed by atoms with Crippen LogP contribution >= 0.6 is 31.9 Å². The molecular formula is C25H19Br2N3O2. The lowest BCUT2D eigenvalue weighted by molar-refractivity contribution is 0.284. The van der Waals surface area contributed by atoms with Crippen molar-refractivity contribution in [3.8, 4) is 17.6 Å². The number of hydrogen-bond acceptors (Lipinski definition) is 4. The van der Waals surface area contributed by atoms with Crippen LogP contribution in [0.1, 0.15) is 22.5 Å². The summed E-state index contributed by atoms with van der Waals surface area (Å²) in [6, 6.07) is 19.8. The normalized spacial score (nSPS) is 11.4. The average molecular weight is 553 g/mol. The summed E-state index contributed by atoms with van der Waals surface area (Å²) in [7, 11) is 1.59. The monoisotopic (exact) mass is 551 g/mol. The van der Waals surface area contributed by atoms with Crippen molar-refractivity contribution in [1.29, 1.82) is 5.26 Å². The Bertz CT molecular complexity index is 1350. The van der Waals surface area contributed by atoms with E-state index in [0.717, 1.165) is 36.7 Å². The zero-order valence-electron chi connectivity index (χ0n) is 17.4. The van der Waals surface area contributed by atoms with E-state index in [-0.39, 0.29) is 0 Å². The molecule has 0 bridgehead atoms. The molecule has 7 heteroatoms. The number of aryl methyl sites for hydroxylation is 1. The first-order valence-corrected chi connectivity index (χ1v) is 11.4. The number of aromatic amines is 1. The van der Waals surface area contributed by atoms with E-state index in [1.807, 2.05) is 61.5 Å². The van der Waals surface area contributed by atoms with Crippen LogP contribution in [-0.2, 0) is 6.61 Å². The Balaban J connectivity index is 1.64. The van der Waals surface area contributed by atoms with Crippen LogP contribution in [0.5, 0.6) is 11.5 Å². The Morgan fingerprint density at radius 3 is 2.59 bits per heavy atom. The second-order valence-corrected chi connectivity index (χ2v) is 8.99. The number of benzene rings is 3. The van der Waals surface area contributed by atoms with Crippen molar-refractivity contribution in [2.45, 2.75) is 13.5 Å². The molecule has 0 spiro atoms. The van der Waals surface area contributed by atoms with Crippen LogP contribution < -0.4 is 9.47 Å². The SMILES string of the molecule is COc1cc(/C=C(/C#N)c2nc3ccc(C)cc3[nH]2)c(Br)cc1OCc1ccc(Br)cc1. The van der Waals surface area contributed by atoms with Crippen LogP contribution in [0.15, 0.2) is 63.5 Å². The highest BCUT2D eigenvalue weighted by atomic mass is 79.9. The third-order valence-corrected chi connectivity index (χ3v) is 6.12. The van der Waals surface area contributed by atoms with E-state index >= 15 is 0 Å². The number of hydrogen-bond donors (Lipinski definition) is 1. The molecule has 0 saturated carbocycles. The molecule has 1 aromatic heterocycles. The summed E-state index contributed by atoms with van der Waals surface area (Å²) in [4.78, 5) is 7.79. The Labute approximate surface area is 203 Å². The third-order valence-electron chi connectivity index (χ3n) is 4.90. The van der Waals surface area contributed by atoms with Gasteiger partial charge in [-0.05, 0) is 66.1 Å². The molecule has 0 unspecified atom stereocenters. The molecule has 0 amide bonds. The molecule has 4 rings (SSSR count). The predicted molar refractivity (Wildman–Crippen MR) is 133 cm³/mol. The van der Waals surface area contributed by atoms with Gasteiger partial charge in [-0.2, -0.15) is 5.26 Å². The lowest BCUT2D eigenvalue weighted by atomic mass is 10.1. The van der Waals surface area contributed by atoms with Crippen LogP contribution in [0.2, 0.25) is 0 Å². The van der Waals surface area contributed by atoms with Gasteiger partial charge < -0.3 is 14.5 Å². The fraction of sp³-hybridized carbons (Fsp3) is 0.120. The Morgan fingerprint density at radius 2 is 1.88 bits per heavy atom. The number of allylic oxidation sites excluding steroid dienone is 1. The molecule has 3 aromatic carbocycles. The van der Waals surface area contributed by atoms with Gasteiger partial charge >= 0.3 is 0 Å². The van der Waals surface area contributed by atoms with E-state index in [1.54, 1.807) is 13.2 Å². The standard InChI is InChI=1S/C25H19Br2N3O2/c1-15-3-8-21-22(9-15)30-25(29-21)18(13-28)10-17-11-23(31-2)24(12-20(17)27)32-14-16-4-6-19(26)7-5-16/h3-12H,14H2,1-2H3,(H,29,30)/b18-10-. The number of methoxy groups -OCH3 is 1. The summed E-state index contributed by atoms with van der Waals surface area (Å²) in [6.07, 6.45) is 1.77. The number of fused-ring (bicyclic) bond motifs is 1. The highest BCUT2D eigenvalue weighted by molar-refractivity contribution is 9.10. The van der Waals surface area contributed by atoms with Gasteiger partial charge in [-0.1, -0.05) is 50.1 Å². The quantitative estimate of drug-likeness (QED) is 0.260. The van der Waals surface area contributed by atoms with Gasteiger partial charge in [-0.3, -0.25) is 0 Å². The molecule has 0 aliphatic carbocycles. The maximum atomic E-state index is 9.77. The van der Waals surface area contributed by atoms with E-state index in [0.29, 0.717) is 29.5 Å². The van der Waals surface area contributed by atoms with Gasteiger partial charge in [0.1, 0.15) is 18.5 Å². The van der Waals surface area contributed by atoms with E-state index in [2.05, 4.69) is 47.9 Å². The van der Waals surface area contributed by atoms with Crippen molar-refractivity contribution in [3.05, 3.63) is 86.1 Å². The summed E-state index contributed by atoms with van der Waals surface area (Å²) in [5.74, 6) is 1.71. The van der Waals surface area contributed by atoms with Crippen molar-refractivity contribution in [2.24, 2.45) is 0 Å². The molecule has 0 aliphatic heterocycles. The zero-order valence-corrected chi connectivity index (χ0v) is 20.6. The minimum atomic E-state index is 0.410. The lowest BCUT2D eigenvalue weighted by Crippen LogP contribution is -1.98. The Hall–Kier alpha value is -3.08. The summed E-state index contributed by atoms with van der Waals surface area (Å²) in [5, 5.41) is 9.77. The molecule has 5 nitrogen and oxygen atoms in total. The van der Waals surface area contributed by atoms with Crippen molar-refractivity contribution < 1.29 is 9.47 Å². The first kappa shape index (κ1) is 22.1. The van der Waals surface area contributed by atoms with Gasteiger partial charge in [0.15, 0.2) is 11.5 Å². The summed E-state index contributed by atoms with van der Waals surface area (Å²) in [5.41, 5.74) is 5.09. The molecular weight excluding hydrogens is 534 g/mol. The first-order valence-electron chi connectivity index (χ1n) is 9.80. The van der Waals surface area contributed by atoms with Crippen molar-refractivity contribution in [2.75, 3.05) is 7.11 Å². The molecule has 0 saturated heterocycles. The number of rotatable bonds is 6. The molecule has 32 heavy (non-hydrogen) atoms. The van der Waals surface area contributed by atoms with Gasteiger partial charge in [0.05, 0.1) is 23.7 Å². The number of nitrogens with zero attached hydrogens (tertiary/aromatic N) is 2. The van der Waals surface area contributed by atoms with Crippen LogP contribution in [-0.4, -0.2) is 17.1 Å². The number of halogens is 2. The maximum Gasteiger partial charge on any atom is 0.162 e. The van der Waals surface area contributed by atoms with Gasteiger partial charge in [0.25, 0.3) is 0 Å². The fourth-order valence-electron chi connectivity index (χ4n) is 3.24. The van der Waals surface area contributed by atoms with Crippen molar-refractivity contribution in [1.82, 2.24) is 9.97 Å². The first-order chi connectivity index (χ1) is 15.5. The maximum absolute atomic E-state index is 9.77. The van der Waals surface area contributed by atoms with E-state index in [1.165, 1.54) is 0 Å². The van der Waals surface area contributed by atoms with Crippen LogP contribution in [0.3, 0.4) is 0 Å². The van der Waals surface area contributed by atoms with Gasteiger partial charge in [0, 0.05) is 8.95 Å². The Kier molecular flexibility index (Phi) is 6.63. The second kappa shape index (κ2) is 9.60. The predicted octanol–water partition coefficient (Wildman–Crippen LogP) is 7.05.